The topological polar surface area (TPSA) is 63.1 Å². The second-order valence-electron chi connectivity index (χ2n) is 6.78. The van der Waals surface area contributed by atoms with Gasteiger partial charge in [-0.25, -0.2) is 14.1 Å². The first-order chi connectivity index (χ1) is 12.0. The number of hydrogen-bond donors (Lipinski definition) is 1. The van der Waals surface area contributed by atoms with Gasteiger partial charge in [-0.2, -0.15) is 0 Å². The van der Waals surface area contributed by atoms with Gasteiger partial charge in [0, 0.05) is 19.0 Å². The summed E-state index contributed by atoms with van der Waals surface area (Å²) in [6.45, 7) is 6.20. The first-order valence-electron chi connectivity index (χ1n) is 8.67. The molecule has 1 amide bonds. The molecule has 0 aliphatic carbocycles. The molecule has 1 N–H and O–H groups in total. The third-order valence-corrected chi connectivity index (χ3v) is 4.49. The predicted octanol–water partition coefficient (Wildman–Crippen LogP) is 2.63. The van der Waals surface area contributed by atoms with E-state index in [4.69, 9.17) is 0 Å². The van der Waals surface area contributed by atoms with Gasteiger partial charge in [0.05, 0.1) is 0 Å². The lowest BCUT2D eigenvalue weighted by Gasteiger charge is -2.14. The molecule has 3 rings (SSSR count). The molecule has 1 aromatic heterocycles. The van der Waals surface area contributed by atoms with Crippen LogP contribution in [0.4, 0.5) is 4.39 Å². The van der Waals surface area contributed by atoms with Crippen molar-refractivity contribution in [3.63, 3.8) is 0 Å². The Balaban J connectivity index is 0.00000243. The number of halogens is 2. The molecular weight excluding hydrogens is 357 g/mol. The minimum atomic E-state index is -0.386. The van der Waals surface area contributed by atoms with E-state index in [1.54, 1.807) is 23.1 Å². The molecule has 1 aromatic carbocycles. The summed E-state index contributed by atoms with van der Waals surface area (Å²) in [6, 6.07) is 6.39. The Morgan fingerprint density at radius 2 is 2.12 bits per heavy atom. The third-order valence-electron chi connectivity index (χ3n) is 4.49. The van der Waals surface area contributed by atoms with Crippen LogP contribution in [0.25, 0.3) is 5.69 Å². The first-order valence-corrected chi connectivity index (χ1v) is 8.67. The summed E-state index contributed by atoms with van der Waals surface area (Å²) in [4.78, 5) is 19.0. The summed E-state index contributed by atoms with van der Waals surface area (Å²) in [5.41, 5.74) is 0.312. The van der Waals surface area contributed by atoms with Gasteiger partial charge >= 0.3 is 0 Å². The van der Waals surface area contributed by atoms with Crippen LogP contribution in [0.1, 0.15) is 42.6 Å². The first kappa shape index (κ1) is 20.3. The Morgan fingerprint density at radius 3 is 2.77 bits per heavy atom. The number of rotatable bonds is 5. The maximum absolute atomic E-state index is 14.2. The van der Waals surface area contributed by atoms with Gasteiger partial charge in [-0.05, 0) is 38.1 Å². The van der Waals surface area contributed by atoms with Crippen molar-refractivity contribution in [2.45, 2.75) is 26.2 Å². The second-order valence-corrected chi connectivity index (χ2v) is 6.78. The minimum Gasteiger partial charge on any atom is -0.336 e. The van der Waals surface area contributed by atoms with Crippen molar-refractivity contribution in [2.75, 3.05) is 26.7 Å². The molecule has 0 radical (unpaired) electrons. The van der Waals surface area contributed by atoms with Gasteiger partial charge in [0.15, 0.2) is 0 Å². The Labute approximate surface area is 159 Å². The molecular formula is C18H25ClFN5O. The zero-order valence-corrected chi connectivity index (χ0v) is 16.1. The number of hydrogen-bond acceptors (Lipinski definition) is 4. The van der Waals surface area contributed by atoms with E-state index in [0.29, 0.717) is 30.5 Å². The number of likely N-dealkylation sites (tertiary alicyclic amines) is 1. The van der Waals surface area contributed by atoms with Gasteiger partial charge < -0.3 is 10.2 Å². The molecule has 0 spiro atoms. The van der Waals surface area contributed by atoms with E-state index in [1.807, 2.05) is 20.9 Å². The van der Waals surface area contributed by atoms with Crippen molar-refractivity contribution >= 4 is 18.3 Å². The predicted molar refractivity (Wildman–Crippen MR) is 101 cm³/mol. The van der Waals surface area contributed by atoms with E-state index in [0.717, 1.165) is 13.0 Å². The van der Waals surface area contributed by atoms with Crippen LogP contribution in [0.5, 0.6) is 0 Å². The molecule has 2 aromatic rings. The summed E-state index contributed by atoms with van der Waals surface area (Å²) in [6.07, 6.45) is 0.970. The lowest BCUT2D eigenvalue weighted by atomic mass is 10.1. The Hall–Kier alpha value is -1.99. The smallest absolute Gasteiger partial charge is 0.293 e. The molecule has 2 heterocycles. The van der Waals surface area contributed by atoms with Gasteiger partial charge in [0.2, 0.25) is 5.82 Å². The van der Waals surface area contributed by atoms with Gasteiger partial charge in [0.25, 0.3) is 5.91 Å². The van der Waals surface area contributed by atoms with Crippen molar-refractivity contribution in [3.05, 3.63) is 41.7 Å². The monoisotopic (exact) mass is 381 g/mol. The van der Waals surface area contributed by atoms with Crippen molar-refractivity contribution in [2.24, 2.45) is 5.92 Å². The van der Waals surface area contributed by atoms with E-state index < -0.39 is 0 Å². The zero-order chi connectivity index (χ0) is 18.0. The minimum absolute atomic E-state index is 0. The highest BCUT2D eigenvalue weighted by Gasteiger charge is 2.30. The molecule has 0 saturated carbocycles. The molecule has 8 heteroatoms. The van der Waals surface area contributed by atoms with E-state index >= 15 is 0 Å². The van der Waals surface area contributed by atoms with E-state index in [-0.39, 0.29) is 35.9 Å². The lowest BCUT2D eigenvalue weighted by Crippen LogP contribution is -2.31. The fraction of sp³-hybridized carbons (Fsp3) is 0.500. The Kier molecular flexibility index (Phi) is 6.72. The average Bonchev–Trinajstić information content (AvgIpc) is 3.22. The largest absolute Gasteiger partial charge is 0.336 e. The zero-order valence-electron chi connectivity index (χ0n) is 15.3. The fourth-order valence-electron chi connectivity index (χ4n) is 3.20. The molecule has 1 aliphatic heterocycles. The number of nitrogens with zero attached hydrogens (tertiary/aromatic N) is 4. The molecule has 1 fully saturated rings. The van der Waals surface area contributed by atoms with Gasteiger partial charge in [0.1, 0.15) is 17.3 Å². The molecule has 1 aliphatic rings. The van der Waals surface area contributed by atoms with Crippen LogP contribution in [0, 0.1) is 11.7 Å². The van der Waals surface area contributed by atoms with Crippen LogP contribution in [0.3, 0.4) is 0 Å². The molecule has 0 bridgehead atoms. The number of carbonyl (C=O) groups is 1. The highest BCUT2D eigenvalue weighted by molar-refractivity contribution is 5.90. The number of benzene rings is 1. The van der Waals surface area contributed by atoms with Gasteiger partial charge in [-0.1, -0.05) is 26.0 Å². The Bertz CT molecular complexity index is 764. The highest BCUT2D eigenvalue weighted by atomic mass is 35.5. The maximum Gasteiger partial charge on any atom is 0.293 e. The van der Waals surface area contributed by atoms with E-state index in [1.165, 1.54) is 10.7 Å². The summed E-state index contributed by atoms with van der Waals surface area (Å²) in [7, 11) is 1.91. The fourth-order valence-corrected chi connectivity index (χ4v) is 3.20. The van der Waals surface area contributed by atoms with Crippen molar-refractivity contribution in [1.82, 2.24) is 25.0 Å². The summed E-state index contributed by atoms with van der Waals surface area (Å²) in [5, 5.41) is 7.49. The van der Waals surface area contributed by atoms with Crippen molar-refractivity contribution < 1.29 is 9.18 Å². The maximum atomic E-state index is 14.2. The molecule has 6 nitrogen and oxygen atoms in total. The molecule has 26 heavy (non-hydrogen) atoms. The number of para-hydroxylation sites is 1. The van der Waals surface area contributed by atoms with Crippen LogP contribution in [-0.4, -0.2) is 52.3 Å². The molecule has 142 valence electrons. The molecule has 1 unspecified atom stereocenters. The normalized spacial score (nSPS) is 16.8. The molecule has 1 atom stereocenters. The van der Waals surface area contributed by atoms with Crippen LogP contribution < -0.4 is 5.32 Å². The number of nitrogens with one attached hydrogen (secondary N) is 1. The van der Waals surface area contributed by atoms with Crippen LogP contribution >= 0.6 is 12.4 Å². The van der Waals surface area contributed by atoms with Gasteiger partial charge in [-0.3, -0.25) is 4.79 Å². The SMILES string of the molecule is CNCC1CCN(C(=O)c2nc(C(C)C)n(-c3ccccc3F)n2)C1.Cl. The number of carbonyl (C=O) groups excluding carboxylic acids is 1. The standard InChI is InChI=1S/C18H24FN5O.ClH/c1-12(2)17-21-16(18(25)23-9-8-13(11-23)10-20-3)22-24(17)15-7-5-4-6-14(15)19;/h4-7,12-13,20H,8-11H2,1-3H3;1H. The van der Waals surface area contributed by atoms with E-state index in [2.05, 4.69) is 15.4 Å². The molecule has 1 saturated heterocycles. The van der Waals surface area contributed by atoms with Crippen LogP contribution in [-0.2, 0) is 0 Å². The summed E-state index contributed by atoms with van der Waals surface area (Å²) < 4.78 is 15.6. The summed E-state index contributed by atoms with van der Waals surface area (Å²) >= 11 is 0. The quantitative estimate of drug-likeness (QED) is 0.864. The third kappa shape index (κ3) is 4.04. The second kappa shape index (κ2) is 8.60. The van der Waals surface area contributed by atoms with Crippen LogP contribution in [0.2, 0.25) is 0 Å². The summed E-state index contributed by atoms with van der Waals surface area (Å²) in [5.74, 6) is 0.618. The highest BCUT2D eigenvalue weighted by Crippen LogP contribution is 2.22. The Morgan fingerprint density at radius 1 is 1.38 bits per heavy atom. The van der Waals surface area contributed by atoms with E-state index in [9.17, 15) is 9.18 Å². The number of amides is 1. The average molecular weight is 382 g/mol. The lowest BCUT2D eigenvalue weighted by molar-refractivity contribution is 0.0775. The van der Waals surface area contributed by atoms with Crippen molar-refractivity contribution in [1.29, 1.82) is 0 Å². The number of aromatic nitrogens is 3. The van der Waals surface area contributed by atoms with Crippen LogP contribution in [0.15, 0.2) is 24.3 Å². The van der Waals surface area contributed by atoms with Crippen molar-refractivity contribution in [3.8, 4) is 5.69 Å². The van der Waals surface area contributed by atoms with Gasteiger partial charge in [-0.15, -0.1) is 17.5 Å².